The molecule has 0 amide bonds. The van der Waals surface area contributed by atoms with Gasteiger partial charge in [0, 0.05) is 18.7 Å². The fourth-order valence-electron chi connectivity index (χ4n) is 2.93. The third-order valence-corrected chi connectivity index (χ3v) is 4.09. The van der Waals surface area contributed by atoms with Crippen molar-refractivity contribution in [3.05, 3.63) is 33.9 Å². The zero-order chi connectivity index (χ0) is 14.7. The highest BCUT2D eigenvalue weighted by Crippen LogP contribution is 2.35. The van der Waals surface area contributed by atoms with E-state index >= 15 is 0 Å². The average molecular weight is 278 g/mol. The standard InChI is InChI=1S/C15H22N2O3/c1-3-13-6-4-5-9-16(13)14-8-7-12(11(2)18)10-15(14)17(19)20/h7-8,10-11,13,18H,3-6,9H2,1-2H3/t11-,13?/m0/s1. The van der Waals surface area contributed by atoms with Gasteiger partial charge in [0.05, 0.1) is 11.0 Å². The number of aliphatic hydroxyl groups excluding tert-OH is 1. The number of nitro benzene ring substituents is 1. The van der Waals surface area contributed by atoms with Crippen LogP contribution in [0.15, 0.2) is 18.2 Å². The summed E-state index contributed by atoms with van der Waals surface area (Å²) in [5.41, 5.74) is 1.38. The summed E-state index contributed by atoms with van der Waals surface area (Å²) in [4.78, 5) is 13.1. The highest BCUT2D eigenvalue weighted by Gasteiger charge is 2.27. The van der Waals surface area contributed by atoms with Crippen LogP contribution in [0.3, 0.4) is 0 Å². The van der Waals surface area contributed by atoms with Crippen LogP contribution in [0.2, 0.25) is 0 Å². The van der Waals surface area contributed by atoms with Gasteiger partial charge in [-0.1, -0.05) is 13.0 Å². The van der Waals surface area contributed by atoms with E-state index in [4.69, 9.17) is 0 Å². The number of hydrogen-bond donors (Lipinski definition) is 1. The van der Waals surface area contributed by atoms with E-state index in [0.717, 1.165) is 25.8 Å². The average Bonchev–Trinajstić information content (AvgIpc) is 2.46. The fourth-order valence-corrected chi connectivity index (χ4v) is 2.93. The Morgan fingerprint density at radius 3 is 2.85 bits per heavy atom. The maximum atomic E-state index is 11.3. The van der Waals surface area contributed by atoms with Crippen molar-refractivity contribution in [3.63, 3.8) is 0 Å². The minimum atomic E-state index is -0.689. The van der Waals surface area contributed by atoms with Crippen molar-refractivity contribution >= 4 is 11.4 Å². The van der Waals surface area contributed by atoms with Crippen LogP contribution in [-0.4, -0.2) is 22.6 Å². The first-order chi connectivity index (χ1) is 9.54. The number of aliphatic hydroxyl groups is 1. The molecule has 2 rings (SSSR count). The summed E-state index contributed by atoms with van der Waals surface area (Å²) in [6, 6.07) is 5.45. The number of nitro groups is 1. The molecule has 1 unspecified atom stereocenters. The molecule has 0 radical (unpaired) electrons. The van der Waals surface area contributed by atoms with Crippen LogP contribution < -0.4 is 4.90 Å². The minimum Gasteiger partial charge on any atom is -0.389 e. The predicted molar refractivity (Wildman–Crippen MR) is 79.0 cm³/mol. The molecule has 5 nitrogen and oxygen atoms in total. The highest BCUT2D eigenvalue weighted by molar-refractivity contribution is 5.65. The summed E-state index contributed by atoms with van der Waals surface area (Å²) >= 11 is 0. The second-order valence-corrected chi connectivity index (χ2v) is 5.43. The fraction of sp³-hybridized carbons (Fsp3) is 0.600. The Morgan fingerprint density at radius 1 is 1.50 bits per heavy atom. The molecule has 0 aromatic heterocycles. The molecule has 0 saturated carbocycles. The number of piperidine rings is 1. The molecule has 2 atom stereocenters. The zero-order valence-corrected chi connectivity index (χ0v) is 12.1. The lowest BCUT2D eigenvalue weighted by Gasteiger charge is -2.36. The second kappa shape index (κ2) is 6.22. The second-order valence-electron chi connectivity index (χ2n) is 5.43. The van der Waals surface area contributed by atoms with Crippen LogP contribution >= 0.6 is 0 Å². The summed E-state index contributed by atoms with van der Waals surface area (Å²) < 4.78 is 0. The van der Waals surface area contributed by atoms with E-state index < -0.39 is 6.10 Å². The van der Waals surface area contributed by atoms with Crippen molar-refractivity contribution < 1.29 is 10.0 Å². The van der Waals surface area contributed by atoms with E-state index in [9.17, 15) is 15.2 Å². The first-order valence-corrected chi connectivity index (χ1v) is 7.27. The van der Waals surface area contributed by atoms with E-state index in [1.807, 2.05) is 0 Å². The van der Waals surface area contributed by atoms with Gasteiger partial charge in [0.1, 0.15) is 5.69 Å². The minimum absolute atomic E-state index is 0.101. The molecule has 20 heavy (non-hydrogen) atoms. The number of hydrogen-bond acceptors (Lipinski definition) is 4. The molecule has 1 fully saturated rings. The molecule has 0 aliphatic carbocycles. The molecule has 110 valence electrons. The van der Waals surface area contributed by atoms with Gasteiger partial charge < -0.3 is 10.0 Å². The topological polar surface area (TPSA) is 66.6 Å². The van der Waals surface area contributed by atoms with Crippen LogP contribution in [0.25, 0.3) is 0 Å². The van der Waals surface area contributed by atoms with Crippen LogP contribution in [-0.2, 0) is 0 Å². The molecule has 1 aromatic carbocycles. The van der Waals surface area contributed by atoms with E-state index in [1.54, 1.807) is 19.1 Å². The Hall–Kier alpha value is -1.62. The number of benzene rings is 1. The van der Waals surface area contributed by atoms with Gasteiger partial charge in [-0.05, 0) is 44.2 Å². The van der Waals surface area contributed by atoms with Gasteiger partial charge in [0.15, 0.2) is 0 Å². The maximum absolute atomic E-state index is 11.3. The largest absolute Gasteiger partial charge is 0.389 e. The van der Waals surface area contributed by atoms with Gasteiger partial charge >= 0.3 is 0 Å². The van der Waals surface area contributed by atoms with Crippen LogP contribution in [0.4, 0.5) is 11.4 Å². The Kier molecular flexibility index (Phi) is 4.60. The van der Waals surface area contributed by atoms with Gasteiger partial charge in [-0.25, -0.2) is 0 Å². The van der Waals surface area contributed by atoms with Crippen LogP contribution in [0.5, 0.6) is 0 Å². The SMILES string of the molecule is CCC1CCCCN1c1ccc([C@H](C)O)cc1[N+](=O)[O-]. The molecule has 1 heterocycles. The summed E-state index contributed by atoms with van der Waals surface area (Å²) in [5.74, 6) is 0. The van der Waals surface area contributed by atoms with Crippen LogP contribution in [0, 0.1) is 10.1 Å². The van der Waals surface area contributed by atoms with Gasteiger partial charge in [-0.3, -0.25) is 10.1 Å². The predicted octanol–water partition coefficient (Wildman–Crippen LogP) is 3.42. The van der Waals surface area contributed by atoms with Gasteiger partial charge in [-0.15, -0.1) is 0 Å². The lowest BCUT2D eigenvalue weighted by atomic mass is 9.98. The molecule has 1 aliphatic heterocycles. The first kappa shape index (κ1) is 14.8. The molecule has 1 N–H and O–H groups in total. The van der Waals surface area contributed by atoms with E-state index in [1.165, 1.54) is 12.5 Å². The van der Waals surface area contributed by atoms with Gasteiger partial charge in [0.25, 0.3) is 5.69 Å². The Balaban J connectivity index is 2.41. The van der Waals surface area contributed by atoms with Crippen LogP contribution in [0.1, 0.15) is 51.2 Å². The Morgan fingerprint density at radius 2 is 2.25 bits per heavy atom. The quantitative estimate of drug-likeness (QED) is 0.677. The zero-order valence-electron chi connectivity index (χ0n) is 12.1. The third kappa shape index (κ3) is 2.93. The number of anilines is 1. The molecule has 1 saturated heterocycles. The monoisotopic (exact) mass is 278 g/mol. The number of nitrogens with zero attached hydrogens (tertiary/aromatic N) is 2. The van der Waals surface area contributed by atoms with Crippen molar-refractivity contribution in [2.24, 2.45) is 0 Å². The summed E-state index contributed by atoms with van der Waals surface area (Å²) in [7, 11) is 0. The molecular weight excluding hydrogens is 256 g/mol. The maximum Gasteiger partial charge on any atom is 0.292 e. The van der Waals surface area contributed by atoms with Crippen molar-refractivity contribution in [1.82, 2.24) is 0 Å². The molecule has 5 heteroatoms. The molecule has 0 bridgehead atoms. The molecular formula is C15H22N2O3. The number of rotatable bonds is 4. The Bertz CT molecular complexity index is 488. The molecule has 0 spiro atoms. The van der Waals surface area contributed by atoms with Crippen molar-refractivity contribution in [2.45, 2.75) is 51.7 Å². The van der Waals surface area contributed by atoms with Crippen molar-refractivity contribution in [2.75, 3.05) is 11.4 Å². The smallest absolute Gasteiger partial charge is 0.292 e. The van der Waals surface area contributed by atoms with E-state index in [2.05, 4.69) is 11.8 Å². The lowest BCUT2D eigenvalue weighted by molar-refractivity contribution is -0.384. The lowest BCUT2D eigenvalue weighted by Crippen LogP contribution is -2.39. The van der Waals surface area contributed by atoms with Crippen molar-refractivity contribution in [3.8, 4) is 0 Å². The van der Waals surface area contributed by atoms with E-state index in [-0.39, 0.29) is 10.6 Å². The first-order valence-electron chi connectivity index (χ1n) is 7.27. The molecule has 1 aromatic rings. The summed E-state index contributed by atoms with van der Waals surface area (Å²) in [6.07, 6.45) is 3.66. The Labute approximate surface area is 119 Å². The van der Waals surface area contributed by atoms with Crippen molar-refractivity contribution in [1.29, 1.82) is 0 Å². The highest BCUT2D eigenvalue weighted by atomic mass is 16.6. The van der Waals surface area contributed by atoms with Gasteiger partial charge in [0.2, 0.25) is 0 Å². The van der Waals surface area contributed by atoms with Gasteiger partial charge in [-0.2, -0.15) is 0 Å². The summed E-state index contributed by atoms with van der Waals surface area (Å²) in [5, 5.41) is 20.9. The molecule has 1 aliphatic rings. The third-order valence-electron chi connectivity index (χ3n) is 4.09. The van der Waals surface area contributed by atoms with E-state index in [0.29, 0.717) is 17.3 Å². The summed E-state index contributed by atoms with van der Waals surface area (Å²) in [6.45, 7) is 4.61. The normalized spacial score (nSPS) is 20.8.